The van der Waals surface area contributed by atoms with E-state index >= 15 is 0 Å². The molecule has 158 valence electrons. The number of hydrogen-bond acceptors (Lipinski definition) is 5. The van der Waals surface area contributed by atoms with Crippen LogP contribution >= 0.6 is 11.6 Å². The van der Waals surface area contributed by atoms with E-state index in [4.69, 9.17) is 21.1 Å². The topological polar surface area (TPSA) is 96.5 Å². The molecule has 4 rings (SSSR count). The molecule has 0 aliphatic carbocycles. The van der Waals surface area contributed by atoms with Crippen LogP contribution in [0.2, 0.25) is 5.02 Å². The summed E-state index contributed by atoms with van der Waals surface area (Å²) in [7, 11) is 0. The Morgan fingerprint density at radius 2 is 2.13 bits per heavy atom. The zero-order chi connectivity index (χ0) is 21.5. The Kier molecular flexibility index (Phi) is 5.29. The molecule has 0 saturated carbocycles. The second-order valence-corrected chi connectivity index (χ2v) is 8.63. The predicted octanol–water partition coefficient (Wildman–Crippen LogP) is 3.94. The molecule has 0 unspecified atom stereocenters. The fourth-order valence-corrected chi connectivity index (χ4v) is 3.65. The average Bonchev–Trinajstić information content (AvgIpc) is 3.05. The van der Waals surface area contributed by atoms with Crippen LogP contribution in [0.5, 0.6) is 0 Å². The third-order valence-electron chi connectivity index (χ3n) is 4.74. The van der Waals surface area contributed by atoms with Gasteiger partial charge in [0.15, 0.2) is 6.10 Å². The van der Waals surface area contributed by atoms with Crippen LogP contribution in [0, 0.1) is 0 Å². The molecule has 2 N–H and O–H groups in total. The fraction of sp³-hybridized carbons (Fsp3) is 0.381. The average molecular weight is 431 g/mol. The van der Waals surface area contributed by atoms with Crippen molar-refractivity contribution in [3.05, 3.63) is 35.6 Å². The maximum atomic E-state index is 12.9. The number of hydrogen-bond donors (Lipinski definition) is 2. The van der Waals surface area contributed by atoms with E-state index in [2.05, 4.69) is 15.3 Å². The molecule has 8 nitrogen and oxygen atoms in total. The zero-order valence-corrected chi connectivity index (χ0v) is 17.7. The Hall–Kier alpha value is -2.84. The number of morpholine rings is 1. The summed E-state index contributed by atoms with van der Waals surface area (Å²) in [5.41, 5.74) is 1.52. The number of ether oxygens (including phenoxy) is 2. The van der Waals surface area contributed by atoms with Crippen LogP contribution in [0.25, 0.3) is 21.8 Å². The summed E-state index contributed by atoms with van der Waals surface area (Å²) in [5.74, 6) is -0.358. The molecule has 0 spiro atoms. The van der Waals surface area contributed by atoms with Crippen molar-refractivity contribution >= 4 is 51.1 Å². The number of halogens is 1. The zero-order valence-electron chi connectivity index (χ0n) is 17.0. The van der Waals surface area contributed by atoms with Crippen molar-refractivity contribution in [2.45, 2.75) is 32.5 Å². The summed E-state index contributed by atoms with van der Waals surface area (Å²) in [6, 6.07) is 5.41. The van der Waals surface area contributed by atoms with Crippen LogP contribution in [0.1, 0.15) is 20.8 Å². The summed E-state index contributed by atoms with van der Waals surface area (Å²) < 4.78 is 11.0. The highest BCUT2D eigenvalue weighted by Gasteiger charge is 2.32. The number of amides is 2. The Morgan fingerprint density at radius 3 is 2.90 bits per heavy atom. The van der Waals surface area contributed by atoms with E-state index in [1.807, 2.05) is 12.1 Å². The number of carbonyl (C=O) groups is 2. The van der Waals surface area contributed by atoms with Gasteiger partial charge in [-0.15, -0.1) is 0 Å². The minimum Gasteiger partial charge on any atom is -0.444 e. The molecule has 9 heteroatoms. The second-order valence-electron chi connectivity index (χ2n) is 8.20. The lowest BCUT2D eigenvalue weighted by molar-refractivity contribution is -0.132. The molecule has 1 saturated heterocycles. The summed E-state index contributed by atoms with van der Waals surface area (Å²) in [6.45, 7) is 6.14. The Bertz CT molecular complexity index is 1120. The fourth-order valence-electron chi connectivity index (χ4n) is 3.43. The molecule has 1 aromatic carbocycles. The molecular weight excluding hydrogens is 408 g/mol. The standard InChI is InChI=1S/C21H23ClN4O4/c1-21(2,3)30-20(28)26-6-7-29-17(11-26)19(27)25-15-9-12(22)8-14-13-4-5-23-10-16(13)24-18(14)15/h4-5,8-10,17,24H,6-7,11H2,1-3H3,(H,25,27)/t17-/m0/s1. The smallest absolute Gasteiger partial charge is 0.410 e. The number of fused-ring (bicyclic) bond motifs is 3. The quantitative estimate of drug-likeness (QED) is 0.641. The molecule has 2 aromatic heterocycles. The van der Waals surface area contributed by atoms with Gasteiger partial charge < -0.3 is 24.7 Å². The molecule has 1 aliphatic rings. The normalized spacial score (nSPS) is 17.3. The minimum absolute atomic E-state index is 0.112. The van der Waals surface area contributed by atoms with Gasteiger partial charge in [-0.1, -0.05) is 11.6 Å². The van der Waals surface area contributed by atoms with E-state index in [1.165, 1.54) is 4.90 Å². The summed E-state index contributed by atoms with van der Waals surface area (Å²) in [5, 5.41) is 5.23. The van der Waals surface area contributed by atoms with Gasteiger partial charge in [0.25, 0.3) is 5.91 Å². The number of nitrogens with one attached hydrogen (secondary N) is 2. The second kappa shape index (κ2) is 7.77. The van der Waals surface area contributed by atoms with E-state index in [0.717, 1.165) is 21.8 Å². The first-order valence-corrected chi connectivity index (χ1v) is 10.0. The van der Waals surface area contributed by atoms with Gasteiger partial charge in [-0.3, -0.25) is 9.78 Å². The van der Waals surface area contributed by atoms with E-state index in [9.17, 15) is 9.59 Å². The van der Waals surface area contributed by atoms with Gasteiger partial charge in [-0.2, -0.15) is 0 Å². The first-order chi connectivity index (χ1) is 14.2. The van der Waals surface area contributed by atoms with E-state index in [0.29, 0.717) is 17.3 Å². The summed E-state index contributed by atoms with van der Waals surface area (Å²) in [6.07, 6.45) is 2.15. The van der Waals surface area contributed by atoms with Gasteiger partial charge in [-0.25, -0.2) is 4.79 Å². The molecule has 1 fully saturated rings. The van der Waals surface area contributed by atoms with E-state index in [-0.39, 0.29) is 19.1 Å². The third-order valence-corrected chi connectivity index (χ3v) is 4.96. The number of aromatic nitrogens is 2. The van der Waals surface area contributed by atoms with Gasteiger partial charge in [0.05, 0.1) is 36.1 Å². The number of nitrogens with zero attached hydrogens (tertiary/aromatic N) is 2. The first kappa shape index (κ1) is 20.4. The van der Waals surface area contributed by atoms with Crippen LogP contribution in [0.3, 0.4) is 0 Å². The van der Waals surface area contributed by atoms with Gasteiger partial charge in [0, 0.05) is 28.5 Å². The van der Waals surface area contributed by atoms with Gasteiger partial charge in [0.1, 0.15) is 5.60 Å². The molecule has 30 heavy (non-hydrogen) atoms. The Morgan fingerprint density at radius 1 is 1.33 bits per heavy atom. The van der Waals surface area contributed by atoms with Gasteiger partial charge in [0.2, 0.25) is 0 Å². The van der Waals surface area contributed by atoms with Crippen LogP contribution < -0.4 is 5.32 Å². The van der Waals surface area contributed by atoms with Crippen molar-refractivity contribution in [3.8, 4) is 0 Å². The number of pyridine rings is 1. The van der Waals surface area contributed by atoms with Gasteiger partial charge >= 0.3 is 6.09 Å². The molecule has 3 heterocycles. The highest BCUT2D eigenvalue weighted by molar-refractivity contribution is 6.32. The largest absolute Gasteiger partial charge is 0.444 e. The number of carbonyl (C=O) groups excluding carboxylic acids is 2. The van der Waals surface area contributed by atoms with Crippen molar-refractivity contribution in [2.75, 3.05) is 25.0 Å². The molecule has 3 aromatic rings. The Balaban J connectivity index is 1.55. The lowest BCUT2D eigenvalue weighted by Gasteiger charge is -2.33. The number of benzene rings is 1. The lowest BCUT2D eigenvalue weighted by atomic mass is 10.1. The molecular formula is C21H23ClN4O4. The molecule has 1 aliphatic heterocycles. The summed E-state index contributed by atoms with van der Waals surface area (Å²) in [4.78, 5) is 34.1. The maximum Gasteiger partial charge on any atom is 0.410 e. The van der Waals surface area contributed by atoms with Crippen molar-refractivity contribution < 1.29 is 19.1 Å². The van der Waals surface area contributed by atoms with Crippen molar-refractivity contribution in [3.63, 3.8) is 0 Å². The first-order valence-electron chi connectivity index (χ1n) is 9.66. The maximum absolute atomic E-state index is 12.9. The van der Waals surface area contributed by atoms with Crippen LogP contribution in [0.15, 0.2) is 30.6 Å². The molecule has 1 atom stereocenters. The van der Waals surface area contributed by atoms with Crippen molar-refractivity contribution in [2.24, 2.45) is 0 Å². The number of aromatic amines is 1. The SMILES string of the molecule is CC(C)(C)OC(=O)N1CCO[C@H](C(=O)Nc2cc(Cl)cc3c2[nH]c2cnccc23)C1. The van der Waals surface area contributed by atoms with Crippen molar-refractivity contribution in [1.29, 1.82) is 0 Å². The number of rotatable bonds is 2. The third kappa shape index (κ3) is 4.20. The van der Waals surface area contributed by atoms with E-state index < -0.39 is 17.8 Å². The lowest BCUT2D eigenvalue weighted by Crippen LogP contribution is -2.51. The van der Waals surface area contributed by atoms with Crippen molar-refractivity contribution in [1.82, 2.24) is 14.9 Å². The predicted molar refractivity (Wildman–Crippen MR) is 115 cm³/mol. The monoisotopic (exact) mass is 430 g/mol. The summed E-state index contributed by atoms with van der Waals surface area (Å²) >= 11 is 6.30. The highest BCUT2D eigenvalue weighted by Crippen LogP contribution is 2.33. The molecule has 0 bridgehead atoms. The highest BCUT2D eigenvalue weighted by atomic mass is 35.5. The molecule has 2 amide bonds. The number of H-pyrrole nitrogens is 1. The van der Waals surface area contributed by atoms with Crippen LogP contribution in [-0.4, -0.2) is 58.3 Å². The van der Waals surface area contributed by atoms with Crippen LogP contribution in [-0.2, 0) is 14.3 Å². The van der Waals surface area contributed by atoms with Crippen LogP contribution in [0.4, 0.5) is 10.5 Å². The molecule has 0 radical (unpaired) electrons. The number of anilines is 1. The van der Waals surface area contributed by atoms with Gasteiger partial charge in [-0.05, 0) is 39.0 Å². The minimum atomic E-state index is -0.814. The Labute approximate surface area is 178 Å². The van der Waals surface area contributed by atoms with E-state index in [1.54, 1.807) is 39.2 Å².